The molecule has 2 heterocycles. The maximum absolute atomic E-state index is 12.5. The van der Waals surface area contributed by atoms with Crippen LogP contribution in [0.4, 0.5) is 0 Å². The molecule has 2 fully saturated rings. The second kappa shape index (κ2) is 7.28. The number of rotatable bonds is 3. The van der Waals surface area contributed by atoms with Gasteiger partial charge in [0.1, 0.15) is 0 Å². The molecule has 1 amide bonds. The minimum atomic E-state index is 0.403. The lowest BCUT2D eigenvalue weighted by molar-refractivity contribution is -0.134. The van der Waals surface area contributed by atoms with Crippen molar-refractivity contribution in [3.63, 3.8) is 0 Å². The molecule has 0 radical (unpaired) electrons. The number of carbonyl (C=O) groups excluding carboxylic acids is 1. The van der Waals surface area contributed by atoms with Crippen LogP contribution >= 0.6 is 0 Å². The van der Waals surface area contributed by atoms with E-state index in [4.69, 9.17) is 0 Å². The minimum absolute atomic E-state index is 0.403. The second-order valence-electron chi connectivity index (χ2n) is 6.66. The Morgan fingerprint density at radius 2 is 1.89 bits per heavy atom. The Kier molecular flexibility index (Phi) is 5.68. The quantitative estimate of drug-likeness (QED) is 0.852. The van der Waals surface area contributed by atoms with Crippen LogP contribution in [0.25, 0.3) is 0 Å². The third-order valence-corrected chi connectivity index (χ3v) is 4.90. The van der Waals surface area contributed by atoms with Gasteiger partial charge in [-0.25, -0.2) is 0 Å². The van der Waals surface area contributed by atoms with E-state index in [1.165, 1.54) is 32.1 Å². The summed E-state index contributed by atoms with van der Waals surface area (Å²) in [6.07, 6.45) is 8.10. The number of likely N-dealkylation sites (tertiary alicyclic amines) is 1. The molecule has 19 heavy (non-hydrogen) atoms. The van der Waals surface area contributed by atoms with E-state index in [0.717, 1.165) is 38.4 Å². The SMILES string of the molecule is CC1CCCC(C)N(C(=O)CCC2CCNCC2)C1. The van der Waals surface area contributed by atoms with Crippen molar-refractivity contribution in [3.8, 4) is 0 Å². The summed E-state index contributed by atoms with van der Waals surface area (Å²) in [5.41, 5.74) is 0. The van der Waals surface area contributed by atoms with E-state index in [9.17, 15) is 4.79 Å². The molecule has 110 valence electrons. The zero-order chi connectivity index (χ0) is 13.7. The lowest BCUT2D eigenvalue weighted by Gasteiger charge is -2.30. The van der Waals surface area contributed by atoms with Gasteiger partial charge in [-0.15, -0.1) is 0 Å². The van der Waals surface area contributed by atoms with E-state index in [-0.39, 0.29) is 0 Å². The first kappa shape index (κ1) is 14.8. The van der Waals surface area contributed by atoms with Gasteiger partial charge in [0, 0.05) is 19.0 Å². The topological polar surface area (TPSA) is 32.3 Å². The van der Waals surface area contributed by atoms with Crippen LogP contribution in [0.2, 0.25) is 0 Å². The highest BCUT2D eigenvalue weighted by Crippen LogP contribution is 2.23. The summed E-state index contributed by atoms with van der Waals surface area (Å²) >= 11 is 0. The van der Waals surface area contributed by atoms with Gasteiger partial charge in [0.2, 0.25) is 5.91 Å². The van der Waals surface area contributed by atoms with Gasteiger partial charge in [-0.3, -0.25) is 4.79 Å². The van der Waals surface area contributed by atoms with E-state index >= 15 is 0 Å². The molecule has 3 heteroatoms. The molecule has 2 aliphatic heterocycles. The lowest BCUT2D eigenvalue weighted by atomic mass is 9.93. The van der Waals surface area contributed by atoms with Crippen LogP contribution in [-0.4, -0.2) is 36.5 Å². The molecule has 1 N–H and O–H groups in total. The van der Waals surface area contributed by atoms with Crippen LogP contribution in [0.3, 0.4) is 0 Å². The molecule has 0 aliphatic carbocycles. The predicted molar refractivity (Wildman–Crippen MR) is 79.0 cm³/mol. The van der Waals surface area contributed by atoms with Crippen molar-refractivity contribution in [1.29, 1.82) is 0 Å². The predicted octanol–water partition coefficient (Wildman–Crippen LogP) is 2.80. The van der Waals surface area contributed by atoms with Crippen LogP contribution in [0.15, 0.2) is 0 Å². The monoisotopic (exact) mass is 266 g/mol. The Morgan fingerprint density at radius 1 is 1.16 bits per heavy atom. The summed E-state index contributed by atoms with van der Waals surface area (Å²) in [7, 11) is 0. The number of hydrogen-bond acceptors (Lipinski definition) is 2. The zero-order valence-corrected chi connectivity index (χ0v) is 12.7. The summed E-state index contributed by atoms with van der Waals surface area (Å²) in [4.78, 5) is 14.6. The molecule has 2 rings (SSSR count). The average molecular weight is 266 g/mol. The molecule has 2 unspecified atom stereocenters. The fourth-order valence-corrected chi connectivity index (χ4v) is 3.51. The van der Waals surface area contributed by atoms with Crippen LogP contribution in [0.1, 0.15) is 58.8 Å². The van der Waals surface area contributed by atoms with Gasteiger partial charge in [-0.2, -0.15) is 0 Å². The van der Waals surface area contributed by atoms with Crippen LogP contribution in [-0.2, 0) is 4.79 Å². The first-order chi connectivity index (χ1) is 9.16. The highest BCUT2D eigenvalue weighted by molar-refractivity contribution is 5.76. The van der Waals surface area contributed by atoms with Gasteiger partial charge in [0.15, 0.2) is 0 Å². The zero-order valence-electron chi connectivity index (χ0n) is 12.7. The van der Waals surface area contributed by atoms with Gasteiger partial charge in [0.05, 0.1) is 0 Å². The summed E-state index contributed by atoms with van der Waals surface area (Å²) in [5.74, 6) is 1.84. The molecule has 2 aliphatic rings. The molecular weight excluding hydrogens is 236 g/mol. The van der Waals surface area contributed by atoms with E-state index in [1.54, 1.807) is 0 Å². The van der Waals surface area contributed by atoms with Gasteiger partial charge in [-0.05, 0) is 64.0 Å². The third-order valence-electron chi connectivity index (χ3n) is 4.90. The van der Waals surface area contributed by atoms with Crippen molar-refractivity contribution < 1.29 is 4.79 Å². The van der Waals surface area contributed by atoms with Gasteiger partial charge >= 0.3 is 0 Å². The minimum Gasteiger partial charge on any atom is -0.340 e. The van der Waals surface area contributed by atoms with Gasteiger partial charge in [0.25, 0.3) is 0 Å². The fourth-order valence-electron chi connectivity index (χ4n) is 3.51. The van der Waals surface area contributed by atoms with Crippen molar-refractivity contribution in [1.82, 2.24) is 10.2 Å². The highest BCUT2D eigenvalue weighted by Gasteiger charge is 2.25. The molecule has 0 bridgehead atoms. The maximum Gasteiger partial charge on any atom is 0.222 e. The second-order valence-corrected chi connectivity index (χ2v) is 6.66. The Balaban J connectivity index is 1.79. The average Bonchev–Trinajstić information content (AvgIpc) is 2.59. The molecule has 0 saturated carbocycles. The summed E-state index contributed by atoms with van der Waals surface area (Å²) in [6, 6.07) is 0.450. The van der Waals surface area contributed by atoms with Gasteiger partial charge in [-0.1, -0.05) is 13.3 Å². The van der Waals surface area contributed by atoms with E-state index < -0.39 is 0 Å². The Hall–Kier alpha value is -0.570. The van der Waals surface area contributed by atoms with Crippen LogP contribution < -0.4 is 5.32 Å². The number of hydrogen-bond donors (Lipinski definition) is 1. The third kappa shape index (κ3) is 4.48. The number of carbonyl (C=O) groups is 1. The van der Waals surface area contributed by atoms with Crippen LogP contribution in [0, 0.1) is 11.8 Å². The fraction of sp³-hybridized carbons (Fsp3) is 0.938. The Morgan fingerprint density at radius 3 is 2.63 bits per heavy atom. The molecule has 0 aromatic heterocycles. The molecular formula is C16H30N2O. The van der Waals surface area contributed by atoms with Gasteiger partial charge < -0.3 is 10.2 Å². The molecule has 3 nitrogen and oxygen atoms in total. The van der Waals surface area contributed by atoms with Crippen molar-refractivity contribution in [2.45, 2.75) is 64.8 Å². The summed E-state index contributed by atoms with van der Waals surface area (Å²) in [5, 5.41) is 3.39. The normalized spacial score (nSPS) is 30.1. The number of nitrogens with zero attached hydrogens (tertiary/aromatic N) is 1. The molecule has 0 aromatic rings. The van der Waals surface area contributed by atoms with Crippen molar-refractivity contribution in [3.05, 3.63) is 0 Å². The smallest absolute Gasteiger partial charge is 0.222 e. The highest BCUT2D eigenvalue weighted by atomic mass is 16.2. The van der Waals surface area contributed by atoms with Crippen LogP contribution in [0.5, 0.6) is 0 Å². The van der Waals surface area contributed by atoms with E-state index in [0.29, 0.717) is 17.9 Å². The molecule has 0 spiro atoms. The Bertz CT molecular complexity index is 286. The van der Waals surface area contributed by atoms with Crippen molar-refractivity contribution >= 4 is 5.91 Å². The van der Waals surface area contributed by atoms with E-state index in [2.05, 4.69) is 24.1 Å². The standard InChI is InChI=1S/C16H30N2O/c1-13-4-3-5-14(2)18(12-13)16(19)7-6-15-8-10-17-11-9-15/h13-15,17H,3-12H2,1-2H3. The van der Waals surface area contributed by atoms with E-state index in [1.807, 2.05) is 0 Å². The largest absolute Gasteiger partial charge is 0.340 e. The summed E-state index contributed by atoms with van der Waals surface area (Å²) < 4.78 is 0. The number of nitrogens with one attached hydrogen (secondary N) is 1. The first-order valence-electron chi connectivity index (χ1n) is 8.17. The van der Waals surface area contributed by atoms with Crippen molar-refractivity contribution in [2.75, 3.05) is 19.6 Å². The molecule has 2 saturated heterocycles. The summed E-state index contributed by atoms with van der Waals surface area (Å²) in [6.45, 7) is 7.75. The Labute approximate surface area is 118 Å². The lowest BCUT2D eigenvalue weighted by Crippen LogP contribution is -2.40. The van der Waals surface area contributed by atoms with Crippen molar-refractivity contribution in [2.24, 2.45) is 11.8 Å². The molecule has 0 aromatic carbocycles. The number of amides is 1. The first-order valence-corrected chi connectivity index (χ1v) is 8.17. The number of piperidine rings is 1. The maximum atomic E-state index is 12.5. The molecule has 2 atom stereocenters.